The molecule has 3 aromatic rings. The molecular weight excluding hydrogens is 414 g/mol. The minimum Gasteiger partial charge on any atom is -0.486 e. The van der Waals surface area contributed by atoms with Crippen LogP contribution < -0.4 is 14.8 Å². The first kappa shape index (κ1) is 21.2. The Kier molecular flexibility index (Phi) is 6.77. The SMILES string of the molecule is CC(Cn1cc(Cl)cn1)C(=O)NC(CCc1ccccc1)c1ccc2c(c1)OCCO2. The van der Waals surface area contributed by atoms with Gasteiger partial charge in [0.2, 0.25) is 5.91 Å². The lowest BCUT2D eigenvalue weighted by molar-refractivity contribution is -0.125. The maximum absolute atomic E-state index is 13.0. The normalized spacial score (nSPS) is 14.6. The van der Waals surface area contributed by atoms with E-state index in [1.165, 1.54) is 5.56 Å². The van der Waals surface area contributed by atoms with Crippen LogP contribution in [-0.2, 0) is 17.8 Å². The van der Waals surface area contributed by atoms with Crippen LogP contribution in [0, 0.1) is 5.92 Å². The Morgan fingerprint density at radius 3 is 2.68 bits per heavy atom. The van der Waals surface area contributed by atoms with Crippen LogP contribution in [0.25, 0.3) is 0 Å². The van der Waals surface area contributed by atoms with Gasteiger partial charge in [0, 0.05) is 6.20 Å². The second-order valence-electron chi connectivity index (χ2n) is 7.77. The van der Waals surface area contributed by atoms with Crippen LogP contribution in [-0.4, -0.2) is 28.9 Å². The van der Waals surface area contributed by atoms with E-state index >= 15 is 0 Å². The van der Waals surface area contributed by atoms with Crippen LogP contribution in [0.3, 0.4) is 0 Å². The molecule has 2 unspecified atom stereocenters. The van der Waals surface area contributed by atoms with Crippen molar-refractivity contribution in [2.75, 3.05) is 13.2 Å². The monoisotopic (exact) mass is 439 g/mol. The number of hydrogen-bond acceptors (Lipinski definition) is 4. The Labute approximate surface area is 187 Å². The highest BCUT2D eigenvalue weighted by Gasteiger charge is 2.22. The van der Waals surface area contributed by atoms with Gasteiger partial charge in [-0.25, -0.2) is 0 Å². The lowest BCUT2D eigenvalue weighted by atomic mass is 9.97. The van der Waals surface area contributed by atoms with Crippen LogP contribution in [0.4, 0.5) is 0 Å². The van der Waals surface area contributed by atoms with Crippen molar-refractivity contribution < 1.29 is 14.3 Å². The van der Waals surface area contributed by atoms with Crippen molar-refractivity contribution in [3.05, 3.63) is 77.1 Å². The van der Waals surface area contributed by atoms with Crippen molar-refractivity contribution in [3.8, 4) is 11.5 Å². The number of benzene rings is 2. The predicted octanol–water partition coefficient (Wildman–Crippen LogP) is 4.43. The van der Waals surface area contributed by atoms with Gasteiger partial charge in [-0.3, -0.25) is 9.48 Å². The fourth-order valence-electron chi connectivity index (χ4n) is 3.67. The summed E-state index contributed by atoms with van der Waals surface area (Å²) in [6.45, 7) is 3.44. The third-order valence-corrected chi connectivity index (χ3v) is 5.56. The van der Waals surface area contributed by atoms with Gasteiger partial charge in [-0.1, -0.05) is 54.9 Å². The van der Waals surface area contributed by atoms with Crippen LogP contribution >= 0.6 is 11.6 Å². The fourth-order valence-corrected chi connectivity index (χ4v) is 3.83. The Hall–Kier alpha value is -2.99. The smallest absolute Gasteiger partial charge is 0.225 e. The van der Waals surface area contributed by atoms with E-state index in [1.54, 1.807) is 17.1 Å². The Bertz CT molecular complexity index is 1020. The largest absolute Gasteiger partial charge is 0.486 e. The van der Waals surface area contributed by atoms with Gasteiger partial charge in [0.25, 0.3) is 0 Å². The molecule has 1 aromatic heterocycles. The molecule has 2 aromatic carbocycles. The first-order valence-electron chi connectivity index (χ1n) is 10.5. The highest BCUT2D eigenvalue weighted by molar-refractivity contribution is 6.30. The maximum Gasteiger partial charge on any atom is 0.225 e. The molecule has 4 rings (SSSR count). The summed E-state index contributed by atoms with van der Waals surface area (Å²) < 4.78 is 13.1. The van der Waals surface area contributed by atoms with Crippen molar-refractivity contribution in [2.45, 2.75) is 32.4 Å². The molecular formula is C24H26ClN3O3. The number of carbonyl (C=O) groups excluding carboxylic acids is 1. The molecule has 0 radical (unpaired) electrons. The van der Waals surface area contributed by atoms with Crippen LogP contribution in [0.15, 0.2) is 60.9 Å². The zero-order valence-electron chi connectivity index (χ0n) is 17.5. The summed E-state index contributed by atoms with van der Waals surface area (Å²) in [7, 11) is 0. The number of aromatic nitrogens is 2. The van der Waals surface area contributed by atoms with E-state index in [4.69, 9.17) is 21.1 Å². The van der Waals surface area contributed by atoms with E-state index in [0.29, 0.717) is 24.8 Å². The van der Waals surface area contributed by atoms with E-state index in [1.807, 2.05) is 43.3 Å². The van der Waals surface area contributed by atoms with E-state index in [9.17, 15) is 4.79 Å². The number of amides is 1. The molecule has 0 saturated carbocycles. The number of hydrogen-bond donors (Lipinski definition) is 1. The molecule has 0 spiro atoms. The van der Waals surface area contributed by atoms with E-state index in [0.717, 1.165) is 29.9 Å². The average molecular weight is 440 g/mol. The van der Waals surface area contributed by atoms with Crippen LogP contribution in [0.5, 0.6) is 11.5 Å². The molecule has 7 heteroatoms. The zero-order chi connectivity index (χ0) is 21.6. The lowest BCUT2D eigenvalue weighted by Crippen LogP contribution is -2.35. The molecule has 6 nitrogen and oxygen atoms in total. The third-order valence-electron chi connectivity index (χ3n) is 5.36. The fraction of sp³-hybridized carbons (Fsp3) is 0.333. The molecule has 1 aliphatic heterocycles. The number of nitrogens with one attached hydrogen (secondary N) is 1. The number of rotatable bonds is 8. The molecule has 0 bridgehead atoms. The summed E-state index contributed by atoms with van der Waals surface area (Å²) in [5, 5.41) is 7.96. The van der Waals surface area contributed by atoms with Crippen molar-refractivity contribution >= 4 is 17.5 Å². The van der Waals surface area contributed by atoms with Gasteiger partial charge in [0.15, 0.2) is 11.5 Å². The van der Waals surface area contributed by atoms with Crippen LogP contribution in [0.2, 0.25) is 5.02 Å². The first-order valence-corrected chi connectivity index (χ1v) is 10.9. The maximum atomic E-state index is 13.0. The summed E-state index contributed by atoms with van der Waals surface area (Å²) in [5.41, 5.74) is 2.24. The molecule has 0 aliphatic carbocycles. The molecule has 2 atom stereocenters. The third kappa shape index (κ3) is 5.58. The van der Waals surface area contributed by atoms with Crippen molar-refractivity contribution in [1.82, 2.24) is 15.1 Å². The molecule has 1 N–H and O–H groups in total. The van der Waals surface area contributed by atoms with Gasteiger partial charge in [-0.15, -0.1) is 0 Å². The van der Waals surface area contributed by atoms with Crippen molar-refractivity contribution in [3.63, 3.8) is 0 Å². The average Bonchev–Trinajstić information content (AvgIpc) is 3.21. The Morgan fingerprint density at radius 2 is 1.94 bits per heavy atom. The second kappa shape index (κ2) is 9.88. The highest BCUT2D eigenvalue weighted by Crippen LogP contribution is 2.33. The quantitative estimate of drug-likeness (QED) is 0.563. The van der Waals surface area contributed by atoms with Crippen molar-refractivity contribution in [2.24, 2.45) is 5.92 Å². The molecule has 0 saturated heterocycles. The molecule has 1 amide bonds. The van der Waals surface area contributed by atoms with E-state index in [2.05, 4.69) is 22.5 Å². The van der Waals surface area contributed by atoms with E-state index in [-0.39, 0.29) is 17.9 Å². The molecule has 1 aliphatic rings. The Balaban J connectivity index is 1.49. The van der Waals surface area contributed by atoms with Gasteiger partial charge in [-0.2, -0.15) is 5.10 Å². The molecule has 0 fully saturated rings. The summed E-state index contributed by atoms with van der Waals surface area (Å²) in [5.74, 6) is 1.18. The van der Waals surface area contributed by atoms with Crippen molar-refractivity contribution in [1.29, 1.82) is 0 Å². The summed E-state index contributed by atoms with van der Waals surface area (Å²) in [6.07, 6.45) is 4.92. The molecule has 31 heavy (non-hydrogen) atoms. The predicted molar refractivity (Wildman–Crippen MR) is 119 cm³/mol. The van der Waals surface area contributed by atoms with Gasteiger partial charge in [-0.05, 0) is 36.1 Å². The van der Waals surface area contributed by atoms with Crippen LogP contribution in [0.1, 0.15) is 30.5 Å². The topological polar surface area (TPSA) is 65.4 Å². The van der Waals surface area contributed by atoms with Gasteiger partial charge < -0.3 is 14.8 Å². The summed E-state index contributed by atoms with van der Waals surface area (Å²) in [6, 6.07) is 16.0. The molecule has 2 heterocycles. The van der Waals surface area contributed by atoms with Gasteiger partial charge >= 0.3 is 0 Å². The Morgan fingerprint density at radius 1 is 1.16 bits per heavy atom. The summed E-state index contributed by atoms with van der Waals surface area (Å²) in [4.78, 5) is 13.0. The highest BCUT2D eigenvalue weighted by atomic mass is 35.5. The van der Waals surface area contributed by atoms with Gasteiger partial charge in [0.05, 0.1) is 29.7 Å². The number of ether oxygens (including phenoxy) is 2. The number of fused-ring (bicyclic) bond motifs is 1. The van der Waals surface area contributed by atoms with Gasteiger partial charge in [0.1, 0.15) is 13.2 Å². The second-order valence-corrected chi connectivity index (χ2v) is 8.21. The lowest BCUT2D eigenvalue weighted by Gasteiger charge is -2.24. The zero-order valence-corrected chi connectivity index (χ0v) is 18.2. The number of aryl methyl sites for hydroxylation is 1. The first-order chi connectivity index (χ1) is 15.1. The standard InChI is InChI=1S/C24H26ClN3O3/c1-17(15-28-16-20(25)14-26-28)24(29)27-21(9-7-18-5-3-2-4-6-18)19-8-10-22-23(13-19)31-12-11-30-22/h2-6,8,10,13-14,16-17,21H,7,9,11-12,15H2,1H3,(H,27,29). The number of halogens is 1. The minimum atomic E-state index is -0.257. The number of nitrogens with zero attached hydrogens (tertiary/aromatic N) is 2. The summed E-state index contributed by atoms with van der Waals surface area (Å²) >= 11 is 5.94. The van der Waals surface area contributed by atoms with E-state index < -0.39 is 0 Å². The molecule has 162 valence electrons. The minimum absolute atomic E-state index is 0.0282. The number of carbonyl (C=O) groups is 1.